The Balaban J connectivity index is 2.03. The number of nitrogens with zero attached hydrogens (tertiary/aromatic N) is 2. The van der Waals surface area contributed by atoms with Gasteiger partial charge in [0.05, 0.1) is 0 Å². The van der Waals surface area contributed by atoms with E-state index in [1.807, 2.05) is 6.07 Å². The molecule has 1 heterocycles. The number of hydrogen-bond acceptors (Lipinski definition) is 4. The fourth-order valence-corrected chi connectivity index (χ4v) is 1.98. The molecule has 0 saturated heterocycles. The van der Waals surface area contributed by atoms with Crippen LogP contribution in [0.4, 0.5) is 5.13 Å². The smallest absolute Gasteiger partial charge is 0.205 e. The molecule has 0 aliphatic rings. The van der Waals surface area contributed by atoms with Gasteiger partial charge in [-0.05, 0) is 5.56 Å². The van der Waals surface area contributed by atoms with Gasteiger partial charge in [-0.1, -0.05) is 55.5 Å². The number of nitrogens with one attached hydrogen (secondary N) is 1. The van der Waals surface area contributed by atoms with E-state index in [1.54, 1.807) is 5.51 Å². The molecule has 0 unspecified atom stereocenters. The number of rotatable bonds is 4. The van der Waals surface area contributed by atoms with Crippen LogP contribution in [0, 0.1) is 0 Å². The molecule has 4 heteroatoms. The maximum absolute atomic E-state index is 3.97. The van der Waals surface area contributed by atoms with Gasteiger partial charge in [0.15, 0.2) is 0 Å². The lowest BCUT2D eigenvalue weighted by atomic mass is 9.85. The number of aromatic nitrogens is 2. The van der Waals surface area contributed by atoms with Gasteiger partial charge < -0.3 is 5.32 Å². The molecular formula is C12H15N3S. The third kappa shape index (κ3) is 2.58. The molecule has 0 spiro atoms. The predicted molar refractivity (Wildman–Crippen MR) is 67.9 cm³/mol. The van der Waals surface area contributed by atoms with E-state index in [-0.39, 0.29) is 5.41 Å². The largest absolute Gasteiger partial charge is 0.359 e. The van der Waals surface area contributed by atoms with Crippen molar-refractivity contribution in [3.8, 4) is 0 Å². The van der Waals surface area contributed by atoms with Gasteiger partial charge in [-0.3, -0.25) is 0 Å². The van der Waals surface area contributed by atoms with Crippen molar-refractivity contribution < 1.29 is 0 Å². The van der Waals surface area contributed by atoms with Crippen molar-refractivity contribution in [2.75, 3.05) is 11.9 Å². The van der Waals surface area contributed by atoms with Crippen LogP contribution in [0.25, 0.3) is 0 Å². The SMILES string of the molecule is CC(C)(CNc1nncs1)c1ccccc1. The summed E-state index contributed by atoms with van der Waals surface area (Å²) in [5, 5.41) is 12.0. The summed E-state index contributed by atoms with van der Waals surface area (Å²) in [6.45, 7) is 5.29. The summed E-state index contributed by atoms with van der Waals surface area (Å²) in [4.78, 5) is 0. The van der Waals surface area contributed by atoms with Crippen LogP contribution < -0.4 is 5.32 Å². The van der Waals surface area contributed by atoms with E-state index >= 15 is 0 Å². The highest BCUT2D eigenvalue weighted by Gasteiger charge is 2.20. The first-order valence-corrected chi connectivity index (χ1v) is 6.12. The summed E-state index contributed by atoms with van der Waals surface area (Å²) >= 11 is 1.53. The monoisotopic (exact) mass is 233 g/mol. The molecule has 84 valence electrons. The highest BCUT2D eigenvalue weighted by Crippen LogP contribution is 2.23. The molecule has 1 N–H and O–H groups in total. The summed E-state index contributed by atoms with van der Waals surface area (Å²) in [5.41, 5.74) is 3.15. The third-order valence-electron chi connectivity index (χ3n) is 2.60. The molecule has 1 aromatic heterocycles. The number of benzene rings is 1. The van der Waals surface area contributed by atoms with E-state index in [0.717, 1.165) is 11.7 Å². The molecule has 0 saturated carbocycles. The van der Waals surface area contributed by atoms with Crippen LogP contribution in [0.3, 0.4) is 0 Å². The van der Waals surface area contributed by atoms with Gasteiger partial charge in [0.1, 0.15) is 5.51 Å². The van der Waals surface area contributed by atoms with E-state index in [0.29, 0.717) is 0 Å². The van der Waals surface area contributed by atoms with Gasteiger partial charge in [0.2, 0.25) is 5.13 Å². The predicted octanol–water partition coefficient (Wildman–Crippen LogP) is 2.93. The summed E-state index contributed by atoms with van der Waals surface area (Å²) in [7, 11) is 0. The molecular weight excluding hydrogens is 218 g/mol. The Labute approximate surface area is 99.5 Å². The molecule has 0 amide bonds. The summed E-state index contributed by atoms with van der Waals surface area (Å²) < 4.78 is 0. The quantitative estimate of drug-likeness (QED) is 0.882. The second-order valence-electron chi connectivity index (χ2n) is 4.35. The Bertz CT molecular complexity index is 423. The first-order chi connectivity index (χ1) is 7.68. The molecule has 16 heavy (non-hydrogen) atoms. The second-order valence-corrected chi connectivity index (χ2v) is 5.18. The molecule has 0 aliphatic carbocycles. The Kier molecular flexibility index (Phi) is 3.19. The molecule has 1 aromatic carbocycles. The van der Waals surface area contributed by atoms with Crippen molar-refractivity contribution in [3.05, 3.63) is 41.4 Å². The number of anilines is 1. The first-order valence-electron chi connectivity index (χ1n) is 5.24. The van der Waals surface area contributed by atoms with E-state index in [9.17, 15) is 0 Å². The fourth-order valence-electron chi connectivity index (χ4n) is 1.54. The van der Waals surface area contributed by atoms with E-state index in [2.05, 4.69) is 53.6 Å². The Morgan fingerprint density at radius 1 is 1.25 bits per heavy atom. The van der Waals surface area contributed by atoms with Gasteiger partial charge >= 0.3 is 0 Å². The molecule has 0 aliphatic heterocycles. The van der Waals surface area contributed by atoms with Crippen LogP contribution in [0.1, 0.15) is 19.4 Å². The van der Waals surface area contributed by atoms with E-state index in [4.69, 9.17) is 0 Å². The van der Waals surface area contributed by atoms with Crippen molar-refractivity contribution >= 4 is 16.5 Å². The third-order valence-corrected chi connectivity index (χ3v) is 3.25. The Hall–Kier alpha value is -1.42. The molecule has 0 bridgehead atoms. The average Bonchev–Trinajstić information content (AvgIpc) is 2.81. The van der Waals surface area contributed by atoms with E-state index in [1.165, 1.54) is 16.9 Å². The first kappa shape index (κ1) is 11.1. The van der Waals surface area contributed by atoms with E-state index < -0.39 is 0 Å². The van der Waals surface area contributed by atoms with Gasteiger partial charge in [0.25, 0.3) is 0 Å². The maximum Gasteiger partial charge on any atom is 0.205 e. The van der Waals surface area contributed by atoms with Crippen LogP contribution in [0.15, 0.2) is 35.8 Å². The van der Waals surface area contributed by atoms with Crippen LogP contribution >= 0.6 is 11.3 Å². The zero-order valence-corrected chi connectivity index (χ0v) is 10.3. The van der Waals surface area contributed by atoms with Crippen molar-refractivity contribution in [3.63, 3.8) is 0 Å². The lowest BCUT2D eigenvalue weighted by molar-refractivity contribution is 0.556. The fraction of sp³-hybridized carbons (Fsp3) is 0.333. The van der Waals surface area contributed by atoms with Gasteiger partial charge in [0, 0.05) is 12.0 Å². The maximum atomic E-state index is 3.97. The lowest BCUT2D eigenvalue weighted by Crippen LogP contribution is -2.27. The summed E-state index contributed by atoms with van der Waals surface area (Å²) in [5.74, 6) is 0. The molecule has 0 atom stereocenters. The lowest BCUT2D eigenvalue weighted by Gasteiger charge is -2.25. The molecule has 2 rings (SSSR count). The normalized spacial score (nSPS) is 11.4. The van der Waals surface area contributed by atoms with Gasteiger partial charge in [-0.2, -0.15) is 0 Å². The topological polar surface area (TPSA) is 37.8 Å². The van der Waals surface area contributed by atoms with Crippen LogP contribution in [-0.2, 0) is 5.41 Å². The highest BCUT2D eigenvalue weighted by atomic mass is 32.1. The molecule has 2 aromatic rings. The van der Waals surface area contributed by atoms with Crippen molar-refractivity contribution in [2.45, 2.75) is 19.3 Å². The summed E-state index contributed by atoms with van der Waals surface area (Å²) in [6, 6.07) is 10.5. The zero-order valence-electron chi connectivity index (χ0n) is 9.47. The Morgan fingerprint density at radius 2 is 2.00 bits per heavy atom. The standard InChI is InChI=1S/C12H15N3S/c1-12(2,10-6-4-3-5-7-10)8-13-11-15-14-9-16-11/h3-7,9H,8H2,1-2H3,(H,13,15). The van der Waals surface area contributed by atoms with Crippen molar-refractivity contribution in [2.24, 2.45) is 0 Å². The van der Waals surface area contributed by atoms with Crippen LogP contribution in [0.2, 0.25) is 0 Å². The minimum Gasteiger partial charge on any atom is -0.359 e. The zero-order chi connectivity index (χ0) is 11.4. The molecule has 0 fully saturated rings. The minimum absolute atomic E-state index is 0.0902. The number of hydrogen-bond donors (Lipinski definition) is 1. The minimum atomic E-state index is 0.0902. The molecule has 3 nitrogen and oxygen atoms in total. The van der Waals surface area contributed by atoms with Crippen LogP contribution in [0.5, 0.6) is 0 Å². The molecule has 0 radical (unpaired) electrons. The highest BCUT2D eigenvalue weighted by molar-refractivity contribution is 7.13. The van der Waals surface area contributed by atoms with Gasteiger partial charge in [-0.15, -0.1) is 10.2 Å². The Morgan fingerprint density at radius 3 is 2.62 bits per heavy atom. The van der Waals surface area contributed by atoms with Gasteiger partial charge in [-0.25, -0.2) is 0 Å². The van der Waals surface area contributed by atoms with Crippen molar-refractivity contribution in [1.29, 1.82) is 0 Å². The summed E-state index contributed by atoms with van der Waals surface area (Å²) in [6.07, 6.45) is 0. The average molecular weight is 233 g/mol. The second kappa shape index (κ2) is 4.61. The van der Waals surface area contributed by atoms with Crippen molar-refractivity contribution in [1.82, 2.24) is 10.2 Å². The van der Waals surface area contributed by atoms with Crippen LogP contribution in [-0.4, -0.2) is 16.7 Å².